The maximum absolute atomic E-state index is 11.7. The summed E-state index contributed by atoms with van der Waals surface area (Å²) in [6.45, 7) is 3.92. The Kier molecular flexibility index (Phi) is 6.41. The predicted octanol–water partition coefficient (Wildman–Crippen LogP) is 3.12. The average Bonchev–Trinajstić information content (AvgIpc) is 2.97. The number of primary amides is 1. The third-order valence-electron chi connectivity index (χ3n) is 4.80. The zero-order valence-electron chi connectivity index (χ0n) is 14.9. The molecule has 1 aromatic carbocycles. The van der Waals surface area contributed by atoms with Crippen LogP contribution in [0.15, 0.2) is 24.3 Å². The largest absolute Gasteiger partial charge is 0.369 e. The standard InChI is InChI=1S/C20H30N2O2/c1-20(2,22-19(24)13-18(21)23)14-17-11-9-16(10-12-17)8-7-15-5-3-4-6-15/h9-12,15H,3-8,13-14H2,1-2H3,(H2,21,23)(H,22,24). The van der Waals surface area contributed by atoms with E-state index in [1.807, 2.05) is 13.8 Å². The number of rotatable bonds is 8. The van der Waals surface area contributed by atoms with E-state index in [1.165, 1.54) is 43.2 Å². The number of carbonyl (C=O) groups is 2. The van der Waals surface area contributed by atoms with Gasteiger partial charge in [0.25, 0.3) is 0 Å². The molecule has 0 saturated heterocycles. The van der Waals surface area contributed by atoms with Crippen LogP contribution in [-0.4, -0.2) is 17.4 Å². The lowest BCUT2D eigenvalue weighted by atomic mass is 9.93. The monoisotopic (exact) mass is 330 g/mol. The molecule has 0 aliphatic heterocycles. The Morgan fingerprint density at radius 2 is 1.71 bits per heavy atom. The minimum Gasteiger partial charge on any atom is -0.369 e. The van der Waals surface area contributed by atoms with Gasteiger partial charge in [0.05, 0.1) is 0 Å². The fraction of sp³-hybridized carbons (Fsp3) is 0.600. The molecule has 2 amide bonds. The Morgan fingerprint density at radius 3 is 2.29 bits per heavy atom. The summed E-state index contributed by atoms with van der Waals surface area (Å²) < 4.78 is 0. The first-order valence-corrected chi connectivity index (χ1v) is 9.01. The molecule has 24 heavy (non-hydrogen) atoms. The summed E-state index contributed by atoms with van der Waals surface area (Å²) in [5.41, 5.74) is 7.22. The lowest BCUT2D eigenvalue weighted by Crippen LogP contribution is -2.46. The van der Waals surface area contributed by atoms with Crippen LogP contribution in [0.1, 0.15) is 63.5 Å². The van der Waals surface area contributed by atoms with Gasteiger partial charge in [0.15, 0.2) is 0 Å². The van der Waals surface area contributed by atoms with Gasteiger partial charge in [-0.2, -0.15) is 0 Å². The predicted molar refractivity (Wildman–Crippen MR) is 96.5 cm³/mol. The van der Waals surface area contributed by atoms with Crippen molar-refractivity contribution in [3.05, 3.63) is 35.4 Å². The number of hydrogen-bond donors (Lipinski definition) is 2. The van der Waals surface area contributed by atoms with Crippen molar-refractivity contribution in [1.29, 1.82) is 0 Å². The van der Waals surface area contributed by atoms with Crippen LogP contribution in [0.3, 0.4) is 0 Å². The molecule has 0 aromatic heterocycles. The van der Waals surface area contributed by atoms with Crippen molar-refractivity contribution in [2.24, 2.45) is 11.7 Å². The number of nitrogens with two attached hydrogens (primary N) is 1. The van der Waals surface area contributed by atoms with Crippen molar-refractivity contribution in [3.8, 4) is 0 Å². The zero-order valence-corrected chi connectivity index (χ0v) is 14.9. The average molecular weight is 330 g/mol. The molecule has 0 heterocycles. The Bertz CT molecular complexity index is 558. The smallest absolute Gasteiger partial charge is 0.229 e. The Labute approximate surface area is 145 Å². The number of carbonyl (C=O) groups excluding carboxylic acids is 2. The van der Waals surface area contributed by atoms with Gasteiger partial charge in [-0.05, 0) is 50.2 Å². The first-order chi connectivity index (χ1) is 11.3. The first kappa shape index (κ1) is 18.5. The highest BCUT2D eigenvalue weighted by molar-refractivity contribution is 5.96. The molecule has 0 unspecified atom stereocenters. The second kappa shape index (κ2) is 8.32. The van der Waals surface area contributed by atoms with E-state index in [1.54, 1.807) is 0 Å². The zero-order chi connectivity index (χ0) is 17.6. The van der Waals surface area contributed by atoms with E-state index in [0.717, 1.165) is 18.8 Å². The molecule has 0 atom stereocenters. The lowest BCUT2D eigenvalue weighted by molar-refractivity contribution is -0.128. The minimum absolute atomic E-state index is 0.260. The quantitative estimate of drug-likeness (QED) is 0.719. The molecule has 4 heteroatoms. The van der Waals surface area contributed by atoms with E-state index in [2.05, 4.69) is 29.6 Å². The summed E-state index contributed by atoms with van der Waals surface area (Å²) in [6.07, 6.45) is 8.52. The van der Waals surface area contributed by atoms with E-state index >= 15 is 0 Å². The summed E-state index contributed by atoms with van der Waals surface area (Å²) >= 11 is 0. The van der Waals surface area contributed by atoms with Crippen molar-refractivity contribution >= 4 is 11.8 Å². The molecule has 1 aromatic rings. The molecule has 0 spiro atoms. The molecule has 3 N–H and O–H groups in total. The van der Waals surface area contributed by atoms with E-state index in [0.29, 0.717) is 0 Å². The van der Waals surface area contributed by atoms with Crippen molar-refractivity contribution in [2.75, 3.05) is 0 Å². The Morgan fingerprint density at radius 1 is 1.12 bits per heavy atom. The van der Waals surface area contributed by atoms with Crippen molar-refractivity contribution in [2.45, 2.75) is 70.8 Å². The normalized spacial score (nSPS) is 15.4. The van der Waals surface area contributed by atoms with Crippen LogP contribution in [0.25, 0.3) is 0 Å². The summed E-state index contributed by atoms with van der Waals surface area (Å²) in [5, 5.41) is 2.87. The molecule has 1 aliphatic carbocycles. The Balaban J connectivity index is 1.83. The third-order valence-corrected chi connectivity index (χ3v) is 4.80. The van der Waals surface area contributed by atoms with Gasteiger partial charge in [0, 0.05) is 5.54 Å². The molecule has 132 valence electrons. The van der Waals surface area contributed by atoms with Crippen molar-refractivity contribution in [1.82, 2.24) is 5.32 Å². The minimum atomic E-state index is -0.602. The van der Waals surface area contributed by atoms with Crippen LogP contribution in [-0.2, 0) is 22.4 Å². The summed E-state index contributed by atoms with van der Waals surface area (Å²) in [5.74, 6) is -0.000299. The van der Waals surface area contributed by atoms with Gasteiger partial charge in [-0.1, -0.05) is 49.9 Å². The maximum Gasteiger partial charge on any atom is 0.229 e. The van der Waals surface area contributed by atoms with Crippen LogP contribution < -0.4 is 11.1 Å². The van der Waals surface area contributed by atoms with Gasteiger partial charge in [-0.25, -0.2) is 0 Å². The number of hydrogen-bond acceptors (Lipinski definition) is 2. The summed E-state index contributed by atoms with van der Waals surface area (Å²) in [6, 6.07) is 8.69. The SMILES string of the molecule is CC(C)(Cc1ccc(CCC2CCCC2)cc1)NC(=O)CC(N)=O. The van der Waals surface area contributed by atoms with Crippen LogP contribution in [0.5, 0.6) is 0 Å². The van der Waals surface area contributed by atoms with Gasteiger partial charge < -0.3 is 11.1 Å². The number of amides is 2. The molecular formula is C20H30N2O2. The first-order valence-electron chi connectivity index (χ1n) is 9.01. The van der Waals surface area contributed by atoms with Gasteiger partial charge in [-0.15, -0.1) is 0 Å². The van der Waals surface area contributed by atoms with E-state index in [-0.39, 0.29) is 12.3 Å². The molecule has 4 nitrogen and oxygen atoms in total. The van der Waals surface area contributed by atoms with Crippen LogP contribution in [0.4, 0.5) is 0 Å². The van der Waals surface area contributed by atoms with E-state index in [9.17, 15) is 9.59 Å². The second-order valence-corrected chi connectivity index (χ2v) is 7.76. The molecular weight excluding hydrogens is 300 g/mol. The van der Waals surface area contributed by atoms with Gasteiger partial charge in [-0.3, -0.25) is 9.59 Å². The fourth-order valence-electron chi connectivity index (χ4n) is 3.63. The maximum atomic E-state index is 11.7. The fourth-order valence-corrected chi connectivity index (χ4v) is 3.63. The van der Waals surface area contributed by atoms with E-state index < -0.39 is 11.4 Å². The number of aryl methyl sites for hydroxylation is 1. The number of benzene rings is 1. The molecule has 1 saturated carbocycles. The van der Waals surface area contributed by atoms with E-state index in [4.69, 9.17) is 5.73 Å². The molecule has 1 fully saturated rings. The van der Waals surface area contributed by atoms with Crippen LogP contribution in [0.2, 0.25) is 0 Å². The highest BCUT2D eigenvalue weighted by Crippen LogP contribution is 2.28. The van der Waals surface area contributed by atoms with Crippen LogP contribution >= 0.6 is 0 Å². The van der Waals surface area contributed by atoms with Crippen molar-refractivity contribution in [3.63, 3.8) is 0 Å². The van der Waals surface area contributed by atoms with Gasteiger partial charge in [0.1, 0.15) is 6.42 Å². The topological polar surface area (TPSA) is 72.2 Å². The molecule has 2 rings (SSSR count). The third kappa shape index (κ3) is 6.34. The lowest BCUT2D eigenvalue weighted by Gasteiger charge is -2.26. The summed E-state index contributed by atoms with van der Waals surface area (Å²) in [4.78, 5) is 22.5. The summed E-state index contributed by atoms with van der Waals surface area (Å²) in [7, 11) is 0. The van der Waals surface area contributed by atoms with Crippen LogP contribution in [0, 0.1) is 5.92 Å². The number of nitrogens with one attached hydrogen (secondary N) is 1. The Hall–Kier alpha value is -1.84. The van der Waals surface area contributed by atoms with Gasteiger partial charge in [0.2, 0.25) is 11.8 Å². The van der Waals surface area contributed by atoms with Crippen molar-refractivity contribution < 1.29 is 9.59 Å². The molecule has 0 radical (unpaired) electrons. The second-order valence-electron chi connectivity index (χ2n) is 7.76. The molecule has 1 aliphatic rings. The molecule has 0 bridgehead atoms. The highest BCUT2D eigenvalue weighted by atomic mass is 16.2. The van der Waals surface area contributed by atoms with Gasteiger partial charge >= 0.3 is 0 Å². The highest BCUT2D eigenvalue weighted by Gasteiger charge is 2.21.